The number of hydrogen-bond donors (Lipinski definition) is 4. The van der Waals surface area contributed by atoms with Crippen LogP contribution in [0.15, 0.2) is 21.1 Å². The molecule has 9 nitrogen and oxygen atoms in total. The smallest absolute Gasteiger partial charge is 0.372 e. The van der Waals surface area contributed by atoms with E-state index in [4.69, 9.17) is 16.0 Å². The number of carboxylic acids is 1. The fourth-order valence-corrected chi connectivity index (χ4v) is 5.64. The number of thiophene rings is 2. The van der Waals surface area contributed by atoms with Crippen LogP contribution in [0.5, 0.6) is 0 Å². The minimum atomic E-state index is -3.53. The number of nitrogens with zero attached hydrogens (tertiary/aromatic N) is 1. The van der Waals surface area contributed by atoms with Gasteiger partial charge in [-0.25, -0.2) is 23.3 Å². The molecule has 0 bridgehead atoms. The van der Waals surface area contributed by atoms with Crippen LogP contribution in [-0.4, -0.2) is 29.5 Å². The van der Waals surface area contributed by atoms with Crippen molar-refractivity contribution in [3.8, 4) is 0 Å². The Hall–Kier alpha value is -2.12. The Morgan fingerprint density at radius 1 is 1.30 bits per heavy atom. The number of primary sulfonamides is 1. The van der Waals surface area contributed by atoms with Crippen LogP contribution in [0, 0.1) is 0 Å². The molecule has 0 amide bonds. The Morgan fingerprint density at radius 2 is 2.04 bits per heavy atom. The molecule has 1 aliphatic rings. The van der Waals surface area contributed by atoms with Crippen molar-refractivity contribution in [2.75, 3.05) is 0 Å². The van der Waals surface area contributed by atoms with E-state index in [1.54, 1.807) is 6.07 Å². The minimum Gasteiger partial charge on any atom is -0.475 e. The molecular weight excluding hydrogens is 412 g/mol. The number of aromatic carboxylic acids is 1. The predicted molar refractivity (Wildman–Crippen MR) is 103 cm³/mol. The van der Waals surface area contributed by atoms with Gasteiger partial charge < -0.3 is 15.8 Å². The summed E-state index contributed by atoms with van der Waals surface area (Å²) in [6, 6.07) is 3.12. The van der Waals surface area contributed by atoms with Crippen LogP contribution >= 0.6 is 22.7 Å². The predicted octanol–water partition coefficient (Wildman–Crippen LogP) is 1.03. The van der Waals surface area contributed by atoms with E-state index in [2.05, 4.69) is 9.97 Å². The largest absolute Gasteiger partial charge is 0.475 e. The fraction of sp³-hybridized carbons (Fsp3) is 0.267. The number of aryl methyl sites for hydroxylation is 2. The maximum atomic E-state index is 11.8. The molecule has 4 rings (SSSR count). The number of aromatic amines is 1. The van der Waals surface area contributed by atoms with Gasteiger partial charge in [-0.3, -0.25) is 4.79 Å². The second-order valence-electron chi connectivity index (χ2n) is 5.73. The van der Waals surface area contributed by atoms with Gasteiger partial charge in [0.05, 0.1) is 5.39 Å². The van der Waals surface area contributed by atoms with Crippen LogP contribution < -0.4 is 16.4 Å². The highest BCUT2D eigenvalue weighted by atomic mass is 32.2. The molecule has 3 heterocycles. The van der Waals surface area contributed by atoms with Crippen LogP contribution in [0.25, 0.3) is 10.2 Å². The number of H-pyrrole nitrogens is 1. The number of nitrogens with one attached hydrogen (secondary N) is 1. The molecule has 0 fully saturated rings. The molecule has 3 aromatic heterocycles. The lowest BCUT2D eigenvalue weighted by molar-refractivity contribution is 0.0683. The van der Waals surface area contributed by atoms with Gasteiger partial charge in [-0.15, -0.1) is 22.7 Å². The van der Waals surface area contributed by atoms with Crippen molar-refractivity contribution in [1.82, 2.24) is 9.97 Å². The summed E-state index contributed by atoms with van der Waals surface area (Å²) >= 11 is 2.54. The Kier molecular flexibility index (Phi) is 5.44. The zero-order valence-electron chi connectivity index (χ0n) is 13.9. The fourth-order valence-electron chi connectivity index (χ4n) is 2.72. The number of fused-ring (bicyclic) bond motifs is 3. The molecule has 0 aliphatic heterocycles. The number of rotatable bonds is 3. The van der Waals surface area contributed by atoms with Crippen molar-refractivity contribution < 1.29 is 18.3 Å². The van der Waals surface area contributed by atoms with Crippen LogP contribution in [-0.2, 0) is 29.4 Å². The topological polar surface area (TPSA) is 169 Å². The van der Waals surface area contributed by atoms with Gasteiger partial charge in [-0.1, -0.05) is 0 Å². The lowest BCUT2D eigenvalue weighted by Crippen LogP contribution is -2.15. The first-order valence-electron chi connectivity index (χ1n) is 7.80. The van der Waals surface area contributed by atoms with E-state index in [0.717, 1.165) is 41.0 Å². The van der Waals surface area contributed by atoms with Crippen molar-refractivity contribution >= 4 is 48.9 Å². The second-order valence-corrected chi connectivity index (χ2v) is 9.77. The summed E-state index contributed by atoms with van der Waals surface area (Å²) < 4.78 is 21.6. The average molecular weight is 429 g/mol. The maximum absolute atomic E-state index is 11.8. The molecule has 0 saturated heterocycles. The molecule has 6 N–H and O–H groups in total. The number of carbonyl (C=O) groups is 1. The standard InChI is InChI=1S/C10H8N2O3S.C5H8N2O2S2/c13-8-6-4-2-1-3-5(4)16-9(6)12-7(11-8)10(14)15;6-3-4-1-2-5(10-4)11(7,8)9/h1-3H2,(H,14,15)(H,11,12,13);1-2H,3,6H2,(H2,7,8,9). The van der Waals surface area contributed by atoms with Gasteiger partial charge in [0.25, 0.3) is 5.56 Å². The number of aromatic nitrogens is 2. The minimum absolute atomic E-state index is 0.165. The molecule has 0 saturated carbocycles. The van der Waals surface area contributed by atoms with E-state index >= 15 is 0 Å². The lowest BCUT2D eigenvalue weighted by Gasteiger charge is -1.95. The van der Waals surface area contributed by atoms with E-state index < -0.39 is 16.0 Å². The van der Waals surface area contributed by atoms with Crippen molar-refractivity contribution in [3.63, 3.8) is 0 Å². The van der Waals surface area contributed by atoms with E-state index in [9.17, 15) is 18.0 Å². The summed E-state index contributed by atoms with van der Waals surface area (Å²) in [5, 5.41) is 14.2. The summed E-state index contributed by atoms with van der Waals surface area (Å²) in [5.41, 5.74) is 6.01. The summed E-state index contributed by atoms with van der Waals surface area (Å²) in [7, 11) is -3.53. The highest BCUT2D eigenvalue weighted by Crippen LogP contribution is 2.34. The first-order valence-corrected chi connectivity index (χ1v) is 11.0. The molecule has 27 heavy (non-hydrogen) atoms. The molecule has 0 atom stereocenters. The summed E-state index contributed by atoms with van der Waals surface area (Å²) in [5.74, 6) is -1.48. The molecule has 12 heteroatoms. The molecule has 144 valence electrons. The third-order valence-electron chi connectivity index (χ3n) is 3.90. The van der Waals surface area contributed by atoms with Crippen molar-refractivity contribution in [2.45, 2.75) is 30.0 Å². The van der Waals surface area contributed by atoms with Gasteiger partial charge in [0.15, 0.2) is 0 Å². The van der Waals surface area contributed by atoms with E-state index in [-0.39, 0.29) is 15.6 Å². The molecule has 0 spiro atoms. The van der Waals surface area contributed by atoms with Crippen molar-refractivity contribution in [1.29, 1.82) is 0 Å². The Morgan fingerprint density at radius 3 is 2.59 bits per heavy atom. The normalized spacial score (nSPS) is 13.3. The number of nitrogens with two attached hydrogens (primary N) is 2. The zero-order valence-corrected chi connectivity index (χ0v) is 16.3. The van der Waals surface area contributed by atoms with Crippen molar-refractivity contribution in [2.24, 2.45) is 10.9 Å². The number of sulfonamides is 1. The van der Waals surface area contributed by atoms with Gasteiger partial charge >= 0.3 is 5.97 Å². The number of carboxylic acid groups (broad SMARTS) is 1. The third kappa shape index (κ3) is 4.09. The van der Waals surface area contributed by atoms with E-state index in [1.165, 1.54) is 22.3 Å². The van der Waals surface area contributed by atoms with Gasteiger partial charge in [-0.2, -0.15) is 0 Å². The summed E-state index contributed by atoms with van der Waals surface area (Å²) in [6.45, 7) is 0.347. The van der Waals surface area contributed by atoms with E-state index in [0.29, 0.717) is 16.8 Å². The Bertz CT molecular complexity index is 1180. The first kappa shape index (κ1) is 19.6. The number of hydrogen-bond acceptors (Lipinski definition) is 8. The SMILES string of the molecule is NCc1ccc(S(N)(=O)=O)s1.O=C(O)c1nc2sc3c(c2c(=O)[nH]1)CCC3. The first-order chi connectivity index (χ1) is 12.7. The highest BCUT2D eigenvalue weighted by molar-refractivity contribution is 7.91. The highest BCUT2D eigenvalue weighted by Gasteiger charge is 2.22. The van der Waals surface area contributed by atoms with Crippen LogP contribution in [0.2, 0.25) is 0 Å². The monoisotopic (exact) mass is 428 g/mol. The molecular formula is C15H16N4O5S3. The van der Waals surface area contributed by atoms with Crippen LogP contribution in [0.1, 0.15) is 32.4 Å². The molecule has 3 aromatic rings. The quantitative estimate of drug-likeness (QED) is 0.482. The van der Waals surface area contributed by atoms with Gasteiger partial charge in [0.2, 0.25) is 15.8 Å². The Balaban J connectivity index is 0.000000168. The van der Waals surface area contributed by atoms with Gasteiger partial charge in [0, 0.05) is 16.3 Å². The van der Waals surface area contributed by atoms with Gasteiger partial charge in [0.1, 0.15) is 9.04 Å². The average Bonchev–Trinajstić information content (AvgIpc) is 3.29. The third-order valence-corrected chi connectivity index (χ3v) is 7.63. The molecule has 0 aromatic carbocycles. The van der Waals surface area contributed by atoms with E-state index in [1.807, 2.05) is 0 Å². The maximum Gasteiger partial charge on any atom is 0.372 e. The van der Waals surface area contributed by atoms with Crippen LogP contribution in [0.3, 0.4) is 0 Å². The zero-order chi connectivity index (χ0) is 19.8. The van der Waals surface area contributed by atoms with Gasteiger partial charge in [-0.05, 0) is 37.0 Å². The molecule has 0 radical (unpaired) electrons. The summed E-state index contributed by atoms with van der Waals surface area (Å²) in [6.07, 6.45) is 2.93. The molecule has 0 unspecified atom stereocenters. The van der Waals surface area contributed by atoms with Crippen molar-refractivity contribution in [3.05, 3.63) is 43.6 Å². The second kappa shape index (κ2) is 7.48. The van der Waals surface area contributed by atoms with Crippen LogP contribution in [0.4, 0.5) is 0 Å². The lowest BCUT2D eigenvalue weighted by atomic mass is 10.2. The Labute approximate surface area is 161 Å². The summed E-state index contributed by atoms with van der Waals surface area (Å²) in [4.78, 5) is 31.3. The molecule has 1 aliphatic carbocycles.